The van der Waals surface area contributed by atoms with Gasteiger partial charge >= 0.3 is 0 Å². The van der Waals surface area contributed by atoms with Gasteiger partial charge in [0.15, 0.2) is 0 Å². The predicted octanol–water partition coefficient (Wildman–Crippen LogP) is 2.32. The van der Waals surface area contributed by atoms with Gasteiger partial charge in [-0.05, 0) is 51.0 Å². The number of hydrogen-bond donors (Lipinski definition) is 2. The molecule has 3 N–H and O–H groups in total. The van der Waals surface area contributed by atoms with Crippen LogP contribution < -0.4 is 10.5 Å². The second-order valence-corrected chi connectivity index (χ2v) is 7.48. The molecule has 8 heteroatoms. The summed E-state index contributed by atoms with van der Waals surface area (Å²) in [7, 11) is 1.60. The van der Waals surface area contributed by atoms with Crippen LogP contribution in [0.5, 0.6) is 5.75 Å². The second kappa shape index (κ2) is 9.09. The van der Waals surface area contributed by atoms with Crippen LogP contribution in [-0.2, 0) is 9.53 Å². The average Bonchev–Trinajstić information content (AvgIpc) is 3.18. The summed E-state index contributed by atoms with van der Waals surface area (Å²) >= 11 is 0. The van der Waals surface area contributed by atoms with Crippen molar-refractivity contribution in [3.05, 3.63) is 35.8 Å². The number of H-pyrrole nitrogens is 1. The van der Waals surface area contributed by atoms with Gasteiger partial charge in [0, 0.05) is 24.6 Å². The van der Waals surface area contributed by atoms with Gasteiger partial charge in [-0.2, -0.15) is 0 Å². The van der Waals surface area contributed by atoms with Crippen LogP contribution in [0.3, 0.4) is 0 Å². The molecular formula is C21H28N4O4. The molecule has 1 aromatic heterocycles. The van der Waals surface area contributed by atoms with Crippen LogP contribution in [0.2, 0.25) is 0 Å². The van der Waals surface area contributed by atoms with E-state index in [1.807, 2.05) is 38.1 Å². The first kappa shape index (κ1) is 20.9. The number of carbonyl (C=O) groups is 2. The molecule has 0 radical (unpaired) electrons. The van der Waals surface area contributed by atoms with E-state index in [9.17, 15) is 9.59 Å². The number of aromatic nitrogens is 2. The molecule has 1 atom stereocenters. The third-order valence-electron chi connectivity index (χ3n) is 5.03. The number of benzene rings is 1. The number of ether oxygens (including phenoxy) is 2. The first-order valence-corrected chi connectivity index (χ1v) is 9.82. The monoisotopic (exact) mass is 400 g/mol. The largest absolute Gasteiger partial charge is 0.497 e. The maximum Gasteiger partial charge on any atom is 0.267 e. The number of aromatic amines is 1. The fourth-order valence-corrected chi connectivity index (χ4v) is 3.48. The van der Waals surface area contributed by atoms with Crippen LogP contribution in [0.15, 0.2) is 24.3 Å². The Balaban J connectivity index is 1.81. The SMILES string of the molecule is COc1ccc(-c2nc([C@H]3CCCN(C(=O)COC(C)C)C3)[nH]c2C(N)=O)cc1. The molecule has 0 spiro atoms. The minimum absolute atomic E-state index is 0.00907. The predicted molar refractivity (Wildman–Crippen MR) is 109 cm³/mol. The van der Waals surface area contributed by atoms with Gasteiger partial charge < -0.3 is 25.1 Å². The average molecular weight is 400 g/mol. The summed E-state index contributed by atoms with van der Waals surface area (Å²) in [6.45, 7) is 5.12. The lowest BCUT2D eigenvalue weighted by Gasteiger charge is -2.32. The van der Waals surface area contributed by atoms with Crippen molar-refractivity contribution in [2.24, 2.45) is 5.73 Å². The number of nitrogens with two attached hydrogens (primary N) is 1. The molecule has 0 saturated carbocycles. The van der Waals surface area contributed by atoms with Crippen molar-refractivity contribution in [2.45, 2.75) is 38.7 Å². The number of nitrogens with zero attached hydrogens (tertiary/aromatic N) is 2. The standard InChI is InChI=1S/C21H28N4O4/c1-13(2)29-12-17(26)25-10-4-5-15(11-25)21-23-18(19(24-21)20(22)27)14-6-8-16(28-3)9-7-14/h6-9,13,15H,4-5,10-12H2,1-3H3,(H2,22,27)(H,23,24)/t15-/m0/s1. The fourth-order valence-electron chi connectivity index (χ4n) is 3.48. The Bertz CT molecular complexity index is 860. The van der Waals surface area contributed by atoms with E-state index < -0.39 is 5.91 Å². The maximum atomic E-state index is 12.4. The van der Waals surface area contributed by atoms with Crippen molar-refractivity contribution in [1.29, 1.82) is 0 Å². The first-order valence-electron chi connectivity index (χ1n) is 9.82. The Morgan fingerprint density at radius 1 is 1.31 bits per heavy atom. The number of likely N-dealkylation sites (tertiary alicyclic amines) is 1. The van der Waals surface area contributed by atoms with Gasteiger partial charge in [-0.25, -0.2) is 4.98 Å². The Hall–Kier alpha value is -2.87. The van der Waals surface area contributed by atoms with E-state index in [2.05, 4.69) is 9.97 Å². The molecule has 1 aliphatic heterocycles. The molecule has 0 aliphatic carbocycles. The number of amides is 2. The molecule has 29 heavy (non-hydrogen) atoms. The fraction of sp³-hybridized carbons (Fsp3) is 0.476. The molecule has 2 amide bonds. The number of hydrogen-bond acceptors (Lipinski definition) is 5. The summed E-state index contributed by atoms with van der Waals surface area (Å²) in [5, 5.41) is 0. The summed E-state index contributed by atoms with van der Waals surface area (Å²) in [6, 6.07) is 7.30. The normalized spacial score (nSPS) is 16.8. The summed E-state index contributed by atoms with van der Waals surface area (Å²) < 4.78 is 10.6. The number of methoxy groups -OCH3 is 1. The van der Waals surface area contributed by atoms with Gasteiger partial charge in [-0.15, -0.1) is 0 Å². The summed E-state index contributed by atoms with van der Waals surface area (Å²) in [4.78, 5) is 34.0. The maximum absolute atomic E-state index is 12.4. The van der Waals surface area contributed by atoms with E-state index in [-0.39, 0.29) is 30.2 Å². The molecule has 3 rings (SSSR count). The van der Waals surface area contributed by atoms with Crippen LogP contribution >= 0.6 is 0 Å². The zero-order valence-electron chi connectivity index (χ0n) is 17.1. The van der Waals surface area contributed by atoms with E-state index in [1.54, 1.807) is 12.0 Å². The number of carbonyl (C=O) groups excluding carboxylic acids is 2. The molecule has 1 saturated heterocycles. The molecular weight excluding hydrogens is 372 g/mol. The molecule has 0 bridgehead atoms. The third kappa shape index (κ3) is 4.95. The van der Waals surface area contributed by atoms with Gasteiger partial charge in [0.05, 0.1) is 13.2 Å². The molecule has 8 nitrogen and oxygen atoms in total. The lowest BCUT2D eigenvalue weighted by molar-refractivity contribution is -0.138. The van der Waals surface area contributed by atoms with Crippen molar-refractivity contribution in [2.75, 3.05) is 26.8 Å². The van der Waals surface area contributed by atoms with Crippen molar-refractivity contribution in [1.82, 2.24) is 14.9 Å². The number of piperidine rings is 1. The Morgan fingerprint density at radius 2 is 2.03 bits per heavy atom. The van der Waals surface area contributed by atoms with E-state index in [0.717, 1.165) is 24.2 Å². The number of primary amides is 1. The molecule has 1 aromatic carbocycles. The highest BCUT2D eigenvalue weighted by Crippen LogP contribution is 2.30. The van der Waals surface area contributed by atoms with Gasteiger partial charge in [-0.1, -0.05) is 0 Å². The van der Waals surface area contributed by atoms with Crippen LogP contribution in [0.1, 0.15) is 48.9 Å². The third-order valence-corrected chi connectivity index (χ3v) is 5.03. The van der Waals surface area contributed by atoms with Gasteiger partial charge in [0.2, 0.25) is 5.91 Å². The number of imidazole rings is 1. The summed E-state index contributed by atoms with van der Waals surface area (Å²) in [5.41, 5.74) is 7.14. The van der Waals surface area contributed by atoms with Gasteiger partial charge in [-0.3, -0.25) is 9.59 Å². The molecule has 0 unspecified atom stereocenters. The topological polar surface area (TPSA) is 111 Å². The number of rotatable bonds is 7. The van der Waals surface area contributed by atoms with E-state index >= 15 is 0 Å². The van der Waals surface area contributed by atoms with Crippen LogP contribution in [0, 0.1) is 0 Å². The van der Waals surface area contributed by atoms with Crippen molar-refractivity contribution in [3.8, 4) is 17.0 Å². The van der Waals surface area contributed by atoms with E-state index in [0.29, 0.717) is 24.6 Å². The quantitative estimate of drug-likeness (QED) is 0.741. The Labute approximate surface area is 170 Å². The van der Waals surface area contributed by atoms with Gasteiger partial charge in [0.25, 0.3) is 5.91 Å². The summed E-state index contributed by atoms with van der Waals surface area (Å²) in [5.74, 6) is 0.808. The van der Waals surface area contributed by atoms with E-state index in [1.165, 1.54) is 0 Å². The zero-order valence-corrected chi connectivity index (χ0v) is 17.1. The smallest absolute Gasteiger partial charge is 0.267 e. The minimum Gasteiger partial charge on any atom is -0.497 e. The molecule has 2 aromatic rings. The minimum atomic E-state index is -0.566. The summed E-state index contributed by atoms with van der Waals surface area (Å²) in [6.07, 6.45) is 1.75. The molecule has 1 fully saturated rings. The van der Waals surface area contributed by atoms with Crippen LogP contribution in [-0.4, -0.2) is 59.6 Å². The highest BCUT2D eigenvalue weighted by Gasteiger charge is 2.28. The van der Waals surface area contributed by atoms with Crippen molar-refractivity contribution < 1.29 is 19.1 Å². The van der Waals surface area contributed by atoms with Crippen molar-refractivity contribution >= 4 is 11.8 Å². The Kier molecular flexibility index (Phi) is 6.53. The second-order valence-electron chi connectivity index (χ2n) is 7.48. The van der Waals surface area contributed by atoms with Crippen LogP contribution in [0.4, 0.5) is 0 Å². The van der Waals surface area contributed by atoms with Crippen molar-refractivity contribution in [3.63, 3.8) is 0 Å². The highest BCUT2D eigenvalue weighted by molar-refractivity contribution is 5.97. The Morgan fingerprint density at radius 3 is 2.66 bits per heavy atom. The molecule has 1 aliphatic rings. The number of nitrogens with one attached hydrogen (secondary N) is 1. The van der Waals surface area contributed by atoms with Gasteiger partial charge in [0.1, 0.15) is 29.6 Å². The van der Waals surface area contributed by atoms with Crippen LogP contribution in [0.25, 0.3) is 11.3 Å². The zero-order chi connectivity index (χ0) is 21.0. The highest BCUT2D eigenvalue weighted by atomic mass is 16.5. The lowest BCUT2D eigenvalue weighted by atomic mass is 9.97. The lowest BCUT2D eigenvalue weighted by Crippen LogP contribution is -2.41. The first-order chi connectivity index (χ1) is 13.9. The van der Waals surface area contributed by atoms with E-state index in [4.69, 9.17) is 15.2 Å². The molecule has 156 valence electrons. The molecule has 2 heterocycles.